The molecule has 5 rings (SSSR count). The molecule has 4 aromatic rings. The van der Waals surface area contributed by atoms with E-state index in [2.05, 4.69) is 20.1 Å². The summed E-state index contributed by atoms with van der Waals surface area (Å²) in [4.78, 5) is 25.4. The van der Waals surface area contributed by atoms with Crippen molar-refractivity contribution in [2.45, 2.75) is 13.0 Å². The molecule has 2 aromatic carbocycles. The molecule has 2 aromatic heterocycles. The molecule has 2 N–H and O–H groups in total. The van der Waals surface area contributed by atoms with E-state index >= 15 is 0 Å². The van der Waals surface area contributed by atoms with Crippen LogP contribution in [0, 0.1) is 4.77 Å². The molecule has 1 aliphatic rings. The number of nitrogens with zero attached hydrogens (tertiary/aromatic N) is 5. The van der Waals surface area contributed by atoms with Crippen LogP contribution in [-0.4, -0.2) is 68.8 Å². The number of carbonyl (C=O) groups is 1. The molecule has 170 valence electrons. The van der Waals surface area contributed by atoms with Crippen LogP contribution < -0.4 is 9.64 Å². The van der Waals surface area contributed by atoms with Crippen LogP contribution >= 0.6 is 12.2 Å². The van der Waals surface area contributed by atoms with Crippen molar-refractivity contribution in [2.24, 2.45) is 0 Å². The lowest BCUT2D eigenvalue weighted by atomic mass is 10.2. The smallest absolute Gasteiger partial charge is 0.242 e. The van der Waals surface area contributed by atoms with Gasteiger partial charge in [0.1, 0.15) is 12.3 Å². The number of fused-ring (bicyclic) bond motifs is 1. The lowest BCUT2D eigenvalue weighted by Crippen LogP contribution is -2.37. The zero-order valence-electron chi connectivity index (χ0n) is 18.3. The Balaban J connectivity index is 1.29. The number of H-pyrrole nitrogens is 2. The van der Waals surface area contributed by atoms with Gasteiger partial charge in [-0.15, -0.1) is 0 Å². The summed E-state index contributed by atoms with van der Waals surface area (Å²) in [5, 5.41) is 7.16. The van der Waals surface area contributed by atoms with Gasteiger partial charge in [0.05, 0.1) is 18.1 Å². The maximum absolute atomic E-state index is 13.2. The third-order valence-electron chi connectivity index (χ3n) is 5.92. The fourth-order valence-electron chi connectivity index (χ4n) is 4.13. The molecule has 0 radical (unpaired) electrons. The highest BCUT2D eigenvalue weighted by atomic mass is 32.1. The first-order valence-electron chi connectivity index (χ1n) is 10.9. The first kappa shape index (κ1) is 21.2. The first-order valence-corrected chi connectivity index (χ1v) is 11.3. The van der Waals surface area contributed by atoms with Gasteiger partial charge >= 0.3 is 0 Å². The third-order valence-corrected chi connectivity index (χ3v) is 6.24. The van der Waals surface area contributed by atoms with Gasteiger partial charge in [-0.25, -0.2) is 4.98 Å². The van der Waals surface area contributed by atoms with Crippen LogP contribution in [0.3, 0.4) is 0 Å². The third kappa shape index (κ3) is 4.34. The summed E-state index contributed by atoms with van der Waals surface area (Å²) in [5.41, 5.74) is 2.83. The number of para-hydroxylation sites is 2. The molecule has 0 unspecified atom stereocenters. The van der Waals surface area contributed by atoms with E-state index in [0.29, 0.717) is 30.2 Å². The minimum absolute atomic E-state index is 0.0220. The van der Waals surface area contributed by atoms with Crippen LogP contribution in [0.25, 0.3) is 22.4 Å². The van der Waals surface area contributed by atoms with Crippen LogP contribution in [-0.2, 0) is 11.3 Å². The minimum Gasteiger partial charge on any atom is -0.497 e. The average molecular weight is 464 g/mol. The maximum atomic E-state index is 13.2. The van der Waals surface area contributed by atoms with E-state index in [4.69, 9.17) is 21.9 Å². The van der Waals surface area contributed by atoms with Crippen LogP contribution in [0.1, 0.15) is 6.42 Å². The number of methoxy groups -OCH3 is 1. The highest BCUT2D eigenvalue weighted by molar-refractivity contribution is 7.71. The van der Waals surface area contributed by atoms with E-state index in [9.17, 15) is 4.79 Å². The molecule has 0 aliphatic carbocycles. The molecule has 10 heteroatoms. The van der Waals surface area contributed by atoms with E-state index in [1.807, 2.05) is 53.4 Å². The van der Waals surface area contributed by atoms with Crippen molar-refractivity contribution < 1.29 is 9.53 Å². The largest absolute Gasteiger partial charge is 0.497 e. The first-order chi connectivity index (χ1) is 16.1. The molecule has 0 atom stereocenters. The van der Waals surface area contributed by atoms with E-state index < -0.39 is 0 Å². The Hall–Kier alpha value is -3.66. The molecular formula is C23H25N7O2S. The molecule has 1 amide bonds. The van der Waals surface area contributed by atoms with Crippen LogP contribution in [0.5, 0.6) is 5.75 Å². The van der Waals surface area contributed by atoms with Gasteiger partial charge in [-0.1, -0.05) is 12.1 Å². The van der Waals surface area contributed by atoms with Crippen molar-refractivity contribution in [3.8, 4) is 17.1 Å². The lowest BCUT2D eigenvalue weighted by molar-refractivity contribution is -0.131. The highest BCUT2D eigenvalue weighted by Gasteiger charge is 2.22. The Morgan fingerprint density at radius 1 is 1.09 bits per heavy atom. The standard InChI is InChI=1S/C23H25N7O2S/c1-32-17-9-7-16(8-10-17)21-26-27-23(33)30(21)15-20(31)28-11-4-12-29(14-13-28)22-24-18-5-2-3-6-19(18)25-22/h2-3,5-10H,4,11-15H2,1H3,(H,24,25)(H,27,33). The van der Waals surface area contributed by atoms with Crippen molar-refractivity contribution in [1.82, 2.24) is 29.6 Å². The van der Waals surface area contributed by atoms with Gasteiger partial charge in [-0.2, -0.15) is 5.10 Å². The molecule has 0 spiro atoms. The number of nitrogens with one attached hydrogen (secondary N) is 2. The van der Waals surface area contributed by atoms with Crippen molar-refractivity contribution in [3.05, 3.63) is 53.3 Å². The van der Waals surface area contributed by atoms with Crippen LogP contribution in [0.2, 0.25) is 0 Å². The Kier molecular flexibility index (Phi) is 5.82. The Morgan fingerprint density at radius 2 is 1.91 bits per heavy atom. The summed E-state index contributed by atoms with van der Waals surface area (Å²) in [7, 11) is 1.63. The number of aromatic nitrogens is 5. The van der Waals surface area contributed by atoms with E-state index in [0.717, 1.165) is 41.3 Å². The number of ether oxygens (including phenoxy) is 1. The van der Waals surface area contributed by atoms with Gasteiger partial charge in [0.25, 0.3) is 0 Å². The maximum Gasteiger partial charge on any atom is 0.242 e. The SMILES string of the molecule is COc1ccc(-c2n[nH]c(=S)n2CC(=O)N2CCCN(c3nc4ccccc4[nH]3)CC2)cc1. The number of benzene rings is 2. The molecule has 9 nitrogen and oxygen atoms in total. The average Bonchev–Trinajstić information content (AvgIpc) is 3.33. The van der Waals surface area contributed by atoms with E-state index in [1.165, 1.54) is 0 Å². The van der Waals surface area contributed by atoms with Crippen molar-refractivity contribution >= 4 is 35.1 Å². The van der Waals surface area contributed by atoms with Crippen molar-refractivity contribution in [1.29, 1.82) is 0 Å². The number of carbonyl (C=O) groups excluding carboxylic acids is 1. The zero-order chi connectivity index (χ0) is 22.8. The topological polar surface area (TPSA) is 95.1 Å². The predicted molar refractivity (Wildman–Crippen MR) is 129 cm³/mol. The number of rotatable bonds is 5. The number of imidazole rings is 1. The second kappa shape index (κ2) is 9.07. The zero-order valence-corrected chi connectivity index (χ0v) is 19.1. The summed E-state index contributed by atoms with van der Waals surface area (Å²) in [6, 6.07) is 15.5. The molecule has 1 saturated heterocycles. The summed E-state index contributed by atoms with van der Waals surface area (Å²) in [6.07, 6.45) is 0.866. The summed E-state index contributed by atoms with van der Waals surface area (Å²) in [6.45, 7) is 3.01. The lowest BCUT2D eigenvalue weighted by Gasteiger charge is -2.22. The van der Waals surface area contributed by atoms with E-state index in [1.54, 1.807) is 11.7 Å². The number of amides is 1. The Bertz CT molecular complexity index is 1290. The number of hydrogen-bond acceptors (Lipinski definition) is 6. The van der Waals surface area contributed by atoms with Crippen molar-refractivity contribution in [2.75, 3.05) is 38.2 Å². The monoisotopic (exact) mass is 463 g/mol. The Morgan fingerprint density at radius 3 is 2.70 bits per heavy atom. The van der Waals surface area contributed by atoms with Gasteiger partial charge in [0.2, 0.25) is 11.9 Å². The normalized spacial score (nSPS) is 14.5. The molecule has 33 heavy (non-hydrogen) atoms. The van der Waals surface area contributed by atoms with Crippen molar-refractivity contribution in [3.63, 3.8) is 0 Å². The molecule has 0 bridgehead atoms. The highest BCUT2D eigenvalue weighted by Crippen LogP contribution is 2.22. The summed E-state index contributed by atoms with van der Waals surface area (Å²) >= 11 is 5.41. The van der Waals surface area contributed by atoms with E-state index in [-0.39, 0.29) is 12.5 Å². The fourth-order valence-corrected chi connectivity index (χ4v) is 4.32. The number of anilines is 1. The summed E-state index contributed by atoms with van der Waals surface area (Å²) in [5.74, 6) is 2.27. The number of aromatic amines is 2. The predicted octanol–water partition coefficient (Wildman–Crippen LogP) is 3.23. The van der Waals surface area contributed by atoms with Crippen LogP contribution in [0.15, 0.2) is 48.5 Å². The van der Waals surface area contributed by atoms with Gasteiger partial charge in [0.15, 0.2) is 10.6 Å². The van der Waals surface area contributed by atoms with Gasteiger partial charge in [-0.05, 0) is 55.0 Å². The molecule has 3 heterocycles. The van der Waals surface area contributed by atoms with Gasteiger partial charge in [0, 0.05) is 31.7 Å². The summed E-state index contributed by atoms with van der Waals surface area (Å²) < 4.78 is 7.40. The van der Waals surface area contributed by atoms with Gasteiger partial charge < -0.3 is 19.5 Å². The second-order valence-electron chi connectivity index (χ2n) is 7.97. The molecule has 1 fully saturated rings. The van der Waals surface area contributed by atoms with Gasteiger partial charge in [-0.3, -0.25) is 14.5 Å². The molecular weight excluding hydrogens is 438 g/mol. The molecule has 1 aliphatic heterocycles. The Labute approximate surface area is 196 Å². The second-order valence-corrected chi connectivity index (χ2v) is 8.35. The fraction of sp³-hybridized carbons (Fsp3) is 0.304. The molecule has 0 saturated carbocycles. The van der Waals surface area contributed by atoms with Crippen LogP contribution in [0.4, 0.5) is 5.95 Å². The quantitative estimate of drug-likeness (QED) is 0.441. The minimum atomic E-state index is 0.0220. The number of hydrogen-bond donors (Lipinski definition) is 2.